The number of amides is 1. The number of ether oxygens (including phenoxy) is 1. The standard InChI is InChI=1S/C17H18FN3O2/c1-23-10-16(22)21-8-6-14-15(7-9-21)19-11-20-17(14)12-2-4-13(18)5-3-12/h2-5,11H,6-10H2,1H3. The highest BCUT2D eigenvalue weighted by molar-refractivity contribution is 5.77. The maximum Gasteiger partial charge on any atom is 0.248 e. The van der Waals surface area contributed by atoms with E-state index in [1.807, 2.05) is 0 Å². The third-order valence-electron chi connectivity index (χ3n) is 4.02. The summed E-state index contributed by atoms with van der Waals surface area (Å²) in [6.45, 7) is 1.32. The van der Waals surface area contributed by atoms with Crippen molar-refractivity contribution in [3.8, 4) is 11.3 Å². The molecule has 1 aromatic heterocycles. The molecule has 0 N–H and O–H groups in total. The number of methoxy groups -OCH3 is 1. The molecule has 1 amide bonds. The fourth-order valence-corrected chi connectivity index (χ4v) is 2.85. The lowest BCUT2D eigenvalue weighted by Gasteiger charge is -2.19. The monoisotopic (exact) mass is 315 g/mol. The Kier molecular flexibility index (Phi) is 4.62. The van der Waals surface area contributed by atoms with Crippen molar-refractivity contribution in [2.45, 2.75) is 12.8 Å². The van der Waals surface area contributed by atoms with Crippen molar-refractivity contribution in [2.75, 3.05) is 26.8 Å². The van der Waals surface area contributed by atoms with E-state index in [9.17, 15) is 9.18 Å². The first kappa shape index (κ1) is 15.6. The normalized spacial score (nSPS) is 14.3. The first-order valence-corrected chi connectivity index (χ1v) is 7.54. The molecule has 0 atom stereocenters. The smallest absolute Gasteiger partial charge is 0.248 e. The minimum atomic E-state index is -0.273. The van der Waals surface area contributed by atoms with E-state index in [1.54, 1.807) is 17.0 Å². The van der Waals surface area contributed by atoms with Gasteiger partial charge in [0.25, 0.3) is 0 Å². The summed E-state index contributed by atoms with van der Waals surface area (Å²) in [5.41, 5.74) is 3.66. The van der Waals surface area contributed by atoms with Gasteiger partial charge in [-0.25, -0.2) is 14.4 Å². The van der Waals surface area contributed by atoms with E-state index in [1.165, 1.54) is 25.6 Å². The summed E-state index contributed by atoms with van der Waals surface area (Å²) < 4.78 is 18.1. The molecule has 0 radical (unpaired) electrons. The summed E-state index contributed by atoms with van der Waals surface area (Å²) in [5.74, 6) is -0.290. The van der Waals surface area contributed by atoms with Gasteiger partial charge in [-0.05, 0) is 30.7 Å². The molecule has 0 aliphatic carbocycles. The van der Waals surface area contributed by atoms with Crippen molar-refractivity contribution in [1.29, 1.82) is 0 Å². The molecule has 1 aromatic carbocycles. The van der Waals surface area contributed by atoms with Gasteiger partial charge in [-0.3, -0.25) is 4.79 Å². The predicted octanol–water partition coefficient (Wildman–Crippen LogP) is 1.86. The Balaban J connectivity index is 1.89. The molecule has 0 saturated carbocycles. The minimum Gasteiger partial charge on any atom is -0.375 e. The van der Waals surface area contributed by atoms with Crippen molar-refractivity contribution in [2.24, 2.45) is 0 Å². The highest BCUT2D eigenvalue weighted by Crippen LogP contribution is 2.26. The number of nitrogens with zero attached hydrogens (tertiary/aromatic N) is 3. The van der Waals surface area contributed by atoms with E-state index in [2.05, 4.69) is 9.97 Å². The number of hydrogen-bond donors (Lipinski definition) is 0. The predicted molar refractivity (Wildman–Crippen MR) is 83.3 cm³/mol. The highest BCUT2D eigenvalue weighted by atomic mass is 19.1. The summed E-state index contributed by atoms with van der Waals surface area (Å²) in [7, 11) is 1.52. The number of aromatic nitrogens is 2. The van der Waals surface area contributed by atoms with E-state index in [0.29, 0.717) is 25.9 Å². The Morgan fingerprint density at radius 3 is 2.70 bits per heavy atom. The van der Waals surface area contributed by atoms with Gasteiger partial charge in [-0.15, -0.1) is 0 Å². The molecule has 6 heteroatoms. The molecule has 1 aliphatic heterocycles. The second-order valence-electron chi connectivity index (χ2n) is 5.47. The van der Waals surface area contributed by atoms with Gasteiger partial charge >= 0.3 is 0 Å². The molecule has 5 nitrogen and oxygen atoms in total. The van der Waals surface area contributed by atoms with Crippen LogP contribution in [0.5, 0.6) is 0 Å². The Labute approximate surface area is 134 Å². The molecule has 2 aromatic rings. The molecule has 0 saturated heterocycles. The van der Waals surface area contributed by atoms with Gasteiger partial charge in [0.15, 0.2) is 0 Å². The van der Waals surface area contributed by atoms with Crippen LogP contribution in [0, 0.1) is 5.82 Å². The van der Waals surface area contributed by atoms with Crippen LogP contribution in [0.25, 0.3) is 11.3 Å². The van der Waals surface area contributed by atoms with Crippen LogP contribution in [0.15, 0.2) is 30.6 Å². The summed E-state index contributed by atoms with van der Waals surface area (Å²) in [6, 6.07) is 6.29. The maximum atomic E-state index is 13.1. The van der Waals surface area contributed by atoms with Crippen LogP contribution in [0.3, 0.4) is 0 Å². The second kappa shape index (κ2) is 6.83. The second-order valence-corrected chi connectivity index (χ2v) is 5.47. The lowest BCUT2D eigenvalue weighted by Crippen LogP contribution is -2.35. The minimum absolute atomic E-state index is 0.0170. The maximum absolute atomic E-state index is 13.1. The molecule has 2 heterocycles. The van der Waals surface area contributed by atoms with Gasteiger partial charge in [0.05, 0.1) is 5.69 Å². The average molecular weight is 315 g/mol. The van der Waals surface area contributed by atoms with E-state index in [-0.39, 0.29) is 18.3 Å². The first-order valence-electron chi connectivity index (χ1n) is 7.54. The lowest BCUT2D eigenvalue weighted by atomic mass is 10.0. The number of fused-ring (bicyclic) bond motifs is 1. The molecular formula is C17H18FN3O2. The molecule has 1 aliphatic rings. The van der Waals surface area contributed by atoms with Crippen LogP contribution in [-0.4, -0.2) is 47.6 Å². The van der Waals surface area contributed by atoms with Crippen LogP contribution in [-0.2, 0) is 22.4 Å². The zero-order valence-electron chi connectivity index (χ0n) is 13.0. The van der Waals surface area contributed by atoms with Crippen molar-refractivity contribution in [3.05, 3.63) is 47.7 Å². The highest BCUT2D eigenvalue weighted by Gasteiger charge is 2.21. The number of hydrogen-bond acceptors (Lipinski definition) is 4. The van der Waals surface area contributed by atoms with Crippen LogP contribution >= 0.6 is 0 Å². The number of benzene rings is 1. The molecule has 0 bridgehead atoms. The van der Waals surface area contributed by atoms with Gasteiger partial charge in [0.1, 0.15) is 18.8 Å². The van der Waals surface area contributed by atoms with Crippen LogP contribution in [0.1, 0.15) is 11.3 Å². The third kappa shape index (κ3) is 3.37. The largest absolute Gasteiger partial charge is 0.375 e. The number of halogens is 1. The first-order chi connectivity index (χ1) is 11.2. The van der Waals surface area contributed by atoms with Crippen molar-refractivity contribution in [1.82, 2.24) is 14.9 Å². The quantitative estimate of drug-likeness (QED) is 0.867. The SMILES string of the molecule is COCC(=O)N1CCc2ncnc(-c3ccc(F)cc3)c2CC1. The zero-order chi connectivity index (χ0) is 16.2. The van der Waals surface area contributed by atoms with Gasteiger partial charge < -0.3 is 9.64 Å². The van der Waals surface area contributed by atoms with E-state index >= 15 is 0 Å². The fourth-order valence-electron chi connectivity index (χ4n) is 2.85. The van der Waals surface area contributed by atoms with Gasteiger partial charge in [0, 0.05) is 43.4 Å². The Bertz CT molecular complexity index is 703. The van der Waals surface area contributed by atoms with Crippen molar-refractivity contribution in [3.63, 3.8) is 0 Å². The lowest BCUT2D eigenvalue weighted by molar-refractivity contribution is -0.135. The molecule has 23 heavy (non-hydrogen) atoms. The number of rotatable bonds is 3. The zero-order valence-corrected chi connectivity index (χ0v) is 13.0. The molecular weight excluding hydrogens is 297 g/mol. The molecule has 120 valence electrons. The molecule has 0 unspecified atom stereocenters. The van der Waals surface area contributed by atoms with E-state index in [0.717, 1.165) is 22.5 Å². The van der Waals surface area contributed by atoms with E-state index < -0.39 is 0 Å². The van der Waals surface area contributed by atoms with Crippen molar-refractivity contribution >= 4 is 5.91 Å². The van der Waals surface area contributed by atoms with Gasteiger partial charge in [-0.2, -0.15) is 0 Å². The van der Waals surface area contributed by atoms with Crippen molar-refractivity contribution < 1.29 is 13.9 Å². The van der Waals surface area contributed by atoms with Crippen LogP contribution in [0.2, 0.25) is 0 Å². The number of carbonyl (C=O) groups is 1. The Hall–Kier alpha value is -2.34. The van der Waals surface area contributed by atoms with Gasteiger partial charge in [0.2, 0.25) is 5.91 Å². The van der Waals surface area contributed by atoms with Crippen LogP contribution in [0.4, 0.5) is 4.39 Å². The third-order valence-corrected chi connectivity index (χ3v) is 4.02. The summed E-state index contributed by atoms with van der Waals surface area (Å²) in [5, 5.41) is 0. The number of carbonyl (C=O) groups excluding carboxylic acids is 1. The van der Waals surface area contributed by atoms with Gasteiger partial charge in [-0.1, -0.05) is 0 Å². The topological polar surface area (TPSA) is 55.3 Å². The Morgan fingerprint density at radius 1 is 1.22 bits per heavy atom. The Morgan fingerprint density at radius 2 is 1.96 bits per heavy atom. The van der Waals surface area contributed by atoms with Crippen LogP contribution < -0.4 is 0 Å². The molecule has 3 rings (SSSR count). The molecule has 0 fully saturated rings. The summed E-state index contributed by atoms with van der Waals surface area (Å²) in [6.07, 6.45) is 2.89. The molecule has 0 spiro atoms. The summed E-state index contributed by atoms with van der Waals surface area (Å²) >= 11 is 0. The fraction of sp³-hybridized carbons (Fsp3) is 0.353. The summed E-state index contributed by atoms with van der Waals surface area (Å²) in [4.78, 5) is 22.6. The van der Waals surface area contributed by atoms with E-state index in [4.69, 9.17) is 4.74 Å². The average Bonchev–Trinajstić information content (AvgIpc) is 2.78.